The molecule has 0 radical (unpaired) electrons. The van der Waals surface area contributed by atoms with Gasteiger partial charge in [-0.2, -0.15) is 5.10 Å². The summed E-state index contributed by atoms with van der Waals surface area (Å²) < 4.78 is 43.4. The molecule has 34 heavy (non-hydrogen) atoms. The summed E-state index contributed by atoms with van der Waals surface area (Å²) >= 11 is 0. The Kier molecular flexibility index (Phi) is 5.00. The first-order chi connectivity index (χ1) is 16.5. The molecule has 2 aliphatic rings. The average molecular weight is 464 g/mol. The van der Waals surface area contributed by atoms with Crippen molar-refractivity contribution < 1.29 is 13.2 Å². The molecule has 6 nitrogen and oxygen atoms in total. The first-order valence-electron chi connectivity index (χ1n) is 11.5. The van der Waals surface area contributed by atoms with Gasteiger partial charge in [-0.1, -0.05) is 0 Å². The van der Waals surface area contributed by atoms with Crippen molar-refractivity contribution in [3.63, 3.8) is 0 Å². The van der Waals surface area contributed by atoms with Crippen LogP contribution in [0, 0.1) is 42.1 Å². The van der Waals surface area contributed by atoms with Crippen LogP contribution in [0.3, 0.4) is 0 Å². The number of anilines is 1. The van der Waals surface area contributed by atoms with Crippen molar-refractivity contribution >= 4 is 11.5 Å². The maximum atomic E-state index is 14.5. The van der Waals surface area contributed by atoms with Crippen LogP contribution in [0.25, 0.3) is 16.8 Å². The molecule has 174 valence electrons. The molecule has 2 atom stereocenters. The van der Waals surface area contributed by atoms with Crippen LogP contribution in [0.4, 0.5) is 19.0 Å². The van der Waals surface area contributed by atoms with Crippen LogP contribution >= 0.6 is 0 Å². The summed E-state index contributed by atoms with van der Waals surface area (Å²) in [5.41, 5.74) is 1.75. The van der Waals surface area contributed by atoms with Crippen molar-refractivity contribution in [3.05, 3.63) is 71.8 Å². The molecule has 1 aromatic carbocycles. The lowest BCUT2D eigenvalue weighted by molar-refractivity contribution is 0.265. The first kappa shape index (κ1) is 21.1. The molecule has 2 fully saturated rings. The zero-order valence-electron chi connectivity index (χ0n) is 18.6. The van der Waals surface area contributed by atoms with Crippen LogP contribution in [-0.2, 0) is 6.42 Å². The number of aromatic nitrogens is 5. The van der Waals surface area contributed by atoms with Crippen molar-refractivity contribution in [2.24, 2.45) is 17.8 Å². The molecule has 4 heterocycles. The maximum Gasteiger partial charge on any atom is 0.195 e. The summed E-state index contributed by atoms with van der Waals surface area (Å²) in [6.07, 6.45) is 6.41. The van der Waals surface area contributed by atoms with Gasteiger partial charge in [0, 0.05) is 48.6 Å². The van der Waals surface area contributed by atoms with Gasteiger partial charge in [0.2, 0.25) is 0 Å². The zero-order chi connectivity index (χ0) is 23.4. The van der Waals surface area contributed by atoms with Crippen molar-refractivity contribution in [2.45, 2.75) is 26.2 Å². The zero-order valence-corrected chi connectivity index (χ0v) is 18.6. The molecule has 0 N–H and O–H groups in total. The molecule has 3 aromatic heterocycles. The van der Waals surface area contributed by atoms with Gasteiger partial charge in [-0.3, -0.25) is 0 Å². The van der Waals surface area contributed by atoms with Gasteiger partial charge in [-0.05, 0) is 61.8 Å². The van der Waals surface area contributed by atoms with Gasteiger partial charge >= 0.3 is 0 Å². The van der Waals surface area contributed by atoms with E-state index in [1.54, 1.807) is 29.2 Å². The minimum absolute atomic E-state index is 0.0306. The highest BCUT2D eigenvalue weighted by Gasteiger charge is 2.42. The quantitative estimate of drug-likeness (QED) is 0.413. The lowest BCUT2D eigenvalue weighted by atomic mass is 9.82. The minimum atomic E-state index is -1.48. The summed E-state index contributed by atoms with van der Waals surface area (Å²) in [7, 11) is 0. The van der Waals surface area contributed by atoms with E-state index in [1.807, 2.05) is 13.0 Å². The second kappa shape index (κ2) is 8.07. The van der Waals surface area contributed by atoms with E-state index in [0.29, 0.717) is 34.8 Å². The maximum absolute atomic E-state index is 14.5. The number of piperidine rings is 1. The molecule has 1 aliphatic heterocycles. The molecule has 2 bridgehead atoms. The number of benzene rings is 1. The normalized spacial score (nSPS) is 22.0. The smallest absolute Gasteiger partial charge is 0.195 e. The van der Waals surface area contributed by atoms with E-state index in [2.05, 4.69) is 20.0 Å². The van der Waals surface area contributed by atoms with Crippen LogP contribution < -0.4 is 4.90 Å². The Hall–Kier alpha value is -3.49. The summed E-state index contributed by atoms with van der Waals surface area (Å²) in [6, 6.07) is 7.55. The molecule has 6 rings (SSSR count). The standard InChI is InChI=1S/C25H23F3N6/c1-14-9-22(30-13-29-14)33-11-15-4-5-16(12-33)19(15)10-21-31-25-18(3-2-8-34(25)32-21)17-6-7-20(26)24(28)23(17)27/h2-3,6-9,13,15-16,19H,4-5,10-12H2,1H3. The Morgan fingerprint density at radius 2 is 1.76 bits per heavy atom. The molecule has 0 amide bonds. The molecule has 4 aromatic rings. The van der Waals surface area contributed by atoms with E-state index in [4.69, 9.17) is 4.98 Å². The lowest BCUT2D eigenvalue weighted by Gasteiger charge is -2.38. The third-order valence-electron chi connectivity index (χ3n) is 7.29. The number of halogens is 3. The Balaban J connectivity index is 1.27. The van der Waals surface area contributed by atoms with Gasteiger partial charge in [0.05, 0.1) is 0 Å². The van der Waals surface area contributed by atoms with E-state index in [1.165, 1.54) is 6.07 Å². The van der Waals surface area contributed by atoms with Crippen molar-refractivity contribution in [1.29, 1.82) is 0 Å². The third kappa shape index (κ3) is 3.50. The Labute approximate surface area is 194 Å². The number of nitrogens with zero attached hydrogens (tertiary/aromatic N) is 6. The number of aryl methyl sites for hydroxylation is 1. The van der Waals surface area contributed by atoms with E-state index >= 15 is 0 Å². The van der Waals surface area contributed by atoms with Gasteiger partial charge in [0.15, 0.2) is 28.9 Å². The van der Waals surface area contributed by atoms with Crippen molar-refractivity contribution in [1.82, 2.24) is 24.6 Å². The number of hydrogen-bond acceptors (Lipinski definition) is 5. The van der Waals surface area contributed by atoms with Crippen LogP contribution in [0.15, 0.2) is 42.9 Å². The number of pyridine rings is 1. The van der Waals surface area contributed by atoms with E-state index < -0.39 is 17.5 Å². The molecular weight excluding hydrogens is 441 g/mol. The van der Waals surface area contributed by atoms with Gasteiger partial charge < -0.3 is 4.90 Å². The van der Waals surface area contributed by atoms with Gasteiger partial charge in [-0.25, -0.2) is 32.6 Å². The fourth-order valence-corrected chi connectivity index (χ4v) is 5.66. The Morgan fingerprint density at radius 1 is 0.971 bits per heavy atom. The monoisotopic (exact) mass is 464 g/mol. The molecule has 1 saturated heterocycles. The predicted octanol–water partition coefficient (Wildman–Crippen LogP) is 4.62. The second-order valence-corrected chi connectivity index (χ2v) is 9.33. The fraction of sp³-hybridized carbons (Fsp3) is 0.360. The number of hydrogen-bond donors (Lipinski definition) is 0. The molecular formula is C25H23F3N6. The topological polar surface area (TPSA) is 59.2 Å². The highest BCUT2D eigenvalue weighted by Crippen LogP contribution is 2.44. The lowest BCUT2D eigenvalue weighted by Crippen LogP contribution is -2.43. The molecule has 9 heteroatoms. The van der Waals surface area contributed by atoms with E-state index in [9.17, 15) is 13.2 Å². The summed E-state index contributed by atoms with van der Waals surface area (Å²) in [5.74, 6) is -0.762. The number of rotatable bonds is 4. The van der Waals surface area contributed by atoms with Gasteiger partial charge in [0.1, 0.15) is 12.1 Å². The van der Waals surface area contributed by atoms with Gasteiger partial charge in [0.25, 0.3) is 0 Å². The Bertz CT molecular complexity index is 1370. The fourth-order valence-electron chi connectivity index (χ4n) is 5.66. The first-order valence-corrected chi connectivity index (χ1v) is 11.5. The van der Waals surface area contributed by atoms with Crippen LogP contribution in [0.2, 0.25) is 0 Å². The molecule has 1 aliphatic carbocycles. The molecule has 2 unspecified atom stereocenters. The highest BCUT2D eigenvalue weighted by molar-refractivity contribution is 5.77. The largest absolute Gasteiger partial charge is 0.356 e. The summed E-state index contributed by atoms with van der Waals surface area (Å²) in [5, 5.41) is 4.63. The second-order valence-electron chi connectivity index (χ2n) is 9.33. The summed E-state index contributed by atoms with van der Waals surface area (Å²) in [4.78, 5) is 15.7. The van der Waals surface area contributed by atoms with Crippen LogP contribution in [0.1, 0.15) is 24.4 Å². The van der Waals surface area contributed by atoms with Crippen molar-refractivity contribution in [3.8, 4) is 11.1 Å². The minimum Gasteiger partial charge on any atom is -0.356 e. The number of fused-ring (bicyclic) bond motifs is 3. The summed E-state index contributed by atoms with van der Waals surface area (Å²) in [6.45, 7) is 3.86. The van der Waals surface area contributed by atoms with E-state index in [-0.39, 0.29) is 5.56 Å². The van der Waals surface area contributed by atoms with E-state index in [0.717, 1.165) is 49.9 Å². The van der Waals surface area contributed by atoms with Crippen LogP contribution in [0.5, 0.6) is 0 Å². The van der Waals surface area contributed by atoms with Crippen LogP contribution in [-0.4, -0.2) is 37.7 Å². The Morgan fingerprint density at radius 3 is 2.53 bits per heavy atom. The van der Waals surface area contributed by atoms with Crippen molar-refractivity contribution in [2.75, 3.05) is 18.0 Å². The highest BCUT2D eigenvalue weighted by atomic mass is 19.2. The molecule has 0 spiro atoms. The predicted molar refractivity (Wildman–Crippen MR) is 121 cm³/mol. The third-order valence-corrected chi connectivity index (χ3v) is 7.29. The van der Waals surface area contributed by atoms with Gasteiger partial charge in [-0.15, -0.1) is 0 Å². The average Bonchev–Trinajstić information content (AvgIpc) is 3.33. The SMILES string of the molecule is Cc1cc(N2CC3CCC(C2)C3Cc2nc3c(-c4ccc(F)c(F)c4F)cccn3n2)ncn1. The molecule has 1 saturated carbocycles.